The van der Waals surface area contributed by atoms with E-state index < -0.39 is 11.7 Å². The van der Waals surface area contributed by atoms with Crippen LogP contribution in [0.4, 0.5) is 0 Å². The van der Waals surface area contributed by atoms with Crippen molar-refractivity contribution in [1.29, 1.82) is 0 Å². The summed E-state index contributed by atoms with van der Waals surface area (Å²) in [6.07, 6.45) is 5.10. The van der Waals surface area contributed by atoms with E-state index >= 15 is 0 Å². The van der Waals surface area contributed by atoms with Gasteiger partial charge in [-0.05, 0) is 44.1 Å². The van der Waals surface area contributed by atoms with Gasteiger partial charge in [-0.1, -0.05) is 13.8 Å². The SMILES string of the molecule is CCOC1(C(O)c2ccnn2C)CCC(C)(C)CC1. The number of aliphatic hydroxyl groups is 1. The number of nitrogens with zero attached hydrogens (tertiary/aromatic N) is 2. The molecule has 0 radical (unpaired) electrons. The van der Waals surface area contributed by atoms with Gasteiger partial charge in [-0.3, -0.25) is 4.68 Å². The molecule has 1 heterocycles. The van der Waals surface area contributed by atoms with Crippen LogP contribution in [0.5, 0.6) is 0 Å². The van der Waals surface area contributed by atoms with Crippen LogP contribution in [-0.4, -0.2) is 27.1 Å². The van der Waals surface area contributed by atoms with Gasteiger partial charge in [-0.15, -0.1) is 0 Å². The van der Waals surface area contributed by atoms with Crippen LogP contribution in [-0.2, 0) is 11.8 Å². The summed E-state index contributed by atoms with van der Waals surface area (Å²) in [4.78, 5) is 0. The molecule has 1 atom stereocenters. The first-order chi connectivity index (χ1) is 8.90. The Labute approximate surface area is 115 Å². The van der Waals surface area contributed by atoms with E-state index in [1.54, 1.807) is 10.9 Å². The van der Waals surface area contributed by atoms with Crippen LogP contribution in [0.2, 0.25) is 0 Å². The second-order valence-corrected chi connectivity index (χ2v) is 6.44. The van der Waals surface area contributed by atoms with Crippen molar-refractivity contribution in [2.45, 2.75) is 58.2 Å². The van der Waals surface area contributed by atoms with Crippen molar-refractivity contribution >= 4 is 0 Å². The quantitative estimate of drug-likeness (QED) is 0.911. The Kier molecular flexibility index (Phi) is 4.02. The topological polar surface area (TPSA) is 47.3 Å². The summed E-state index contributed by atoms with van der Waals surface area (Å²) in [5, 5.41) is 14.9. The first kappa shape index (κ1) is 14.5. The van der Waals surface area contributed by atoms with Crippen LogP contribution in [0.1, 0.15) is 58.3 Å². The minimum Gasteiger partial charge on any atom is -0.384 e. The Balaban J connectivity index is 2.23. The molecule has 4 nitrogen and oxygen atoms in total. The largest absolute Gasteiger partial charge is 0.384 e. The minimum atomic E-state index is -0.601. The number of aliphatic hydroxyl groups excluding tert-OH is 1. The van der Waals surface area contributed by atoms with Crippen molar-refractivity contribution in [3.05, 3.63) is 18.0 Å². The maximum absolute atomic E-state index is 10.8. The lowest BCUT2D eigenvalue weighted by Crippen LogP contribution is -2.45. The standard InChI is InChI=1S/C15H26N2O2/c1-5-19-15(9-7-14(2,3)8-10-15)13(18)12-6-11-16-17(12)4/h6,11,13,18H,5,7-10H2,1-4H3. The van der Waals surface area contributed by atoms with Crippen molar-refractivity contribution in [1.82, 2.24) is 9.78 Å². The molecule has 0 amide bonds. The molecule has 1 aromatic rings. The molecule has 108 valence electrons. The molecular formula is C15H26N2O2. The van der Waals surface area contributed by atoms with E-state index in [0.29, 0.717) is 12.0 Å². The van der Waals surface area contributed by atoms with Crippen molar-refractivity contribution in [2.24, 2.45) is 12.5 Å². The highest BCUT2D eigenvalue weighted by Crippen LogP contribution is 2.47. The molecule has 0 spiro atoms. The molecular weight excluding hydrogens is 240 g/mol. The number of hydrogen-bond donors (Lipinski definition) is 1. The van der Waals surface area contributed by atoms with E-state index in [1.807, 2.05) is 20.0 Å². The van der Waals surface area contributed by atoms with Crippen LogP contribution in [0, 0.1) is 5.41 Å². The monoisotopic (exact) mass is 266 g/mol. The summed E-state index contributed by atoms with van der Waals surface area (Å²) < 4.78 is 7.75. The molecule has 1 aliphatic carbocycles. The van der Waals surface area contributed by atoms with E-state index in [0.717, 1.165) is 31.4 Å². The first-order valence-electron chi connectivity index (χ1n) is 7.20. The lowest BCUT2D eigenvalue weighted by atomic mass is 9.68. The number of aryl methyl sites for hydroxylation is 1. The molecule has 19 heavy (non-hydrogen) atoms. The van der Waals surface area contributed by atoms with Gasteiger partial charge in [0.1, 0.15) is 6.10 Å². The van der Waals surface area contributed by atoms with Gasteiger partial charge in [-0.25, -0.2) is 0 Å². The predicted molar refractivity (Wildman–Crippen MR) is 74.8 cm³/mol. The van der Waals surface area contributed by atoms with Crippen molar-refractivity contribution < 1.29 is 9.84 Å². The molecule has 1 unspecified atom stereocenters. The van der Waals surface area contributed by atoms with Crippen LogP contribution >= 0.6 is 0 Å². The van der Waals surface area contributed by atoms with Crippen LogP contribution < -0.4 is 0 Å². The molecule has 0 aromatic carbocycles. The van der Waals surface area contributed by atoms with Crippen LogP contribution in [0.25, 0.3) is 0 Å². The first-order valence-corrected chi connectivity index (χ1v) is 7.20. The fourth-order valence-electron chi connectivity index (χ4n) is 3.06. The lowest BCUT2D eigenvalue weighted by Gasteiger charge is -2.45. The van der Waals surface area contributed by atoms with Crippen LogP contribution in [0.3, 0.4) is 0 Å². The fraction of sp³-hybridized carbons (Fsp3) is 0.800. The lowest BCUT2D eigenvalue weighted by molar-refractivity contribution is -0.155. The molecule has 1 aliphatic rings. The summed E-state index contributed by atoms with van der Waals surface area (Å²) >= 11 is 0. The maximum Gasteiger partial charge on any atom is 0.124 e. The molecule has 0 bridgehead atoms. The van der Waals surface area contributed by atoms with Gasteiger partial charge in [0.05, 0.1) is 11.3 Å². The normalized spacial score (nSPS) is 23.2. The molecule has 0 saturated heterocycles. The van der Waals surface area contributed by atoms with E-state index in [-0.39, 0.29) is 0 Å². The molecule has 1 N–H and O–H groups in total. The van der Waals surface area contributed by atoms with Gasteiger partial charge < -0.3 is 9.84 Å². The highest BCUT2D eigenvalue weighted by molar-refractivity contribution is 5.11. The Morgan fingerprint density at radius 3 is 2.47 bits per heavy atom. The Hall–Kier alpha value is -0.870. The zero-order valence-electron chi connectivity index (χ0n) is 12.5. The minimum absolute atomic E-state index is 0.354. The van der Waals surface area contributed by atoms with Crippen molar-refractivity contribution in [3.63, 3.8) is 0 Å². The van der Waals surface area contributed by atoms with E-state index in [1.165, 1.54) is 0 Å². The molecule has 2 rings (SSSR count). The summed E-state index contributed by atoms with van der Waals surface area (Å²) in [6, 6.07) is 1.88. The highest BCUT2D eigenvalue weighted by atomic mass is 16.5. The number of ether oxygens (including phenoxy) is 1. The average Bonchev–Trinajstić information content (AvgIpc) is 2.78. The van der Waals surface area contributed by atoms with Gasteiger partial charge in [0.25, 0.3) is 0 Å². The molecule has 1 aromatic heterocycles. The second-order valence-electron chi connectivity index (χ2n) is 6.44. The fourth-order valence-corrected chi connectivity index (χ4v) is 3.06. The average molecular weight is 266 g/mol. The van der Waals surface area contributed by atoms with E-state index in [2.05, 4.69) is 18.9 Å². The molecule has 4 heteroatoms. The van der Waals surface area contributed by atoms with Gasteiger partial charge in [0.15, 0.2) is 0 Å². The molecule has 1 saturated carbocycles. The van der Waals surface area contributed by atoms with Crippen LogP contribution in [0.15, 0.2) is 12.3 Å². The Morgan fingerprint density at radius 1 is 1.37 bits per heavy atom. The van der Waals surface area contributed by atoms with Gasteiger partial charge in [0.2, 0.25) is 0 Å². The van der Waals surface area contributed by atoms with Crippen molar-refractivity contribution in [3.8, 4) is 0 Å². The van der Waals surface area contributed by atoms with Crippen molar-refractivity contribution in [2.75, 3.05) is 6.61 Å². The molecule has 0 aliphatic heterocycles. The summed E-state index contributed by atoms with van der Waals surface area (Å²) in [6.45, 7) is 7.21. The van der Waals surface area contributed by atoms with E-state index in [9.17, 15) is 5.11 Å². The number of rotatable bonds is 4. The summed E-state index contributed by atoms with van der Waals surface area (Å²) in [7, 11) is 1.87. The summed E-state index contributed by atoms with van der Waals surface area (Å²) in [5.41, 5.74) is 0.748. The Bertz CT molecular complexity index is 416. The van der Waals surface area contributed by atoms with Gasteiger partial charge >= 0.3 is 0 Å². The third kappa shape index (κ3) is 2.84. The summed E-state index contributed by atoms with van der Waals surface area (Å²) in [5.74, 6) is 0. The predicted octanol–water partition coefficient (Wildman–Crippen LogP) is 2.83. The number of aromatic nitrogens is 2. The molecule has 1 fully saturated rings. The van der Waals surface area contributed by atoms with Gasteiger partial charge in [-0.2, -0.15) is 5.10 Å². The smallest absolute Gasteiger partial charge is 0.124 e. The third-order valence-corrected chi connectivity index (χ3v) is 4.52. The van der Waals surface area contributed by atoms with Gasteiger partial charge in [0, 0.05) is 19.9 Å². The Morgan fingerprint density at radius 2 is 2.00 bits per heavy atom. The second kappa shape index (κ2) is 5.25. The zero-order chi connectivity index (χ0) is 14.1. The number of hydrogen-bond acceptors (Lipinski definition) is 3. The maximum atomic E-state index is 10.8. The highest BCUT2D eigenvalue weighted by Gasteiger charge is 2.45. The van der Waals surface area contributed by atoms with E-state index in [4.69, 9.17) is 4.74 Å². The third-order valence-electron chi connectivity index (χ3n) is 4.52. The zero-order valence-corrected chi connectivity index (χ0v) is 12.5.